The van der Waals surface area contributed by atoms with E-state index in [0.29, 0.717) is 12.5 Å². The Hall–Kier alpha value is -2.29. The van der Waals surface area contributed by atoms with Crippen molar-refractivity contribution >= 4 is 5.82 Å². The van der Waals surface area contributed by atoms with Crippen molar-refractivity contribution in [3.63, 3.8) is 0 Å². The Kier molecular flexibility index (Phi) is 7.88. The molecule has 36 heavy (non-hydrogen) atoms. The number of nitrogens with zero attached hydrogens (tertiary/aromatic N) is 3. The summed E-state index contributed by atoms with van der Waals surface area (Å²) in [6.45, 7) is 4.15. The summed E-state index contributed by atoms with van der Waals surface area (Å²) in [6.07, 6.45) is -1.90. The van der Waals surface area contributed by atoms with Crippen molar-refractivity contribution in [3.05, 3.63) is 57.8 Å². The Morgan fingerprint density at radius 2 is 1.50 bits per heavy atom. The molecular weight excluding hydrogens is 480 g/mol. The standard InChI is InChI=1S/C27H33F6N3/c1-3-36(16-18-7-4-5-8-18)25-21(13-20-9-6-10-24(20)34-25)17-35(2)15-19-11-22(26(28,29)30)14-23(12-19)27(31,32)33/h11-14,18H,3-10,15-17H2,1-2H3. The van der Waals surface area contributed by atoms with Crippen LogP contribution in [0.4, 0.5) is 32.2 Å². The first-order chi connectivity index (χ1) is 16.9. The summed E-state index contributed by atoms with van der Waals surface area (Å²) >= 11 is 0. The first-order valence-electron chi connectivity index (χ1n) is 12.7. The number of benzene rings is 1. The normalized spacial score (nSPS) is 16.7. The Morgan fingerprint density at radius 3 is 2.08 bits per heavy atom. The Morgan fingerprint density at radius 1 is 0.861 bits per heavy atom. The van der Waals surface area contributed by atoms with Gasteiger partial charge in [0.1, 0.15) is 5.82 Å². The lowest BCUT2D eigenvalue weighted by Gasteiger charge is -2.29. The smallest absolute Gasteiger partial charge is 0.356 e. The van der Waals surface area contributed by atoms with Crippen LogP contribution in [0.3, 0.4) is 0 Å². The Labute approximate surface area is 208 Å². The van der Waals surface area contributed by atoms with Crippen LogP contribution in [0.1, 0.15) is 72.5 Å². The van der Waals surface area contributed by atoms with Crippen LogP contribution in [0.15, 0.2) is 24.3 Å². The zero-order valence-electron chi connectivity index (χ0n) is 20.8. The summed E-state index contributed by atoms with van der Waals surface area (Å²) in [6, 6.07) is 3.94. The molecule has 198 valence electrons. The number of fused-ring (bicyclic) bond motifs is 1. The minimum Gasteiger partial charge on any atom is -0.356 e. The largest absolute Gasteiger partial charge is 0.416 e. The molecule has 9 heteroatoms. The lowest BCUT2D eigenvalue weighted by molar-refractivity contribution is -0.143. The fourth-order valence-corrected chi connectivity index (χ4v) is 5.54. The molecule has 2 aromatic rings. The third kappa shape index (κ3) is 6.33. The molecule has 0 spiro atoms. The highest BCUT2D eigenvalue weighted by molar-refractivity contribution is 5.51. The molecule has 2 aliphatic rings. The number of pyridine rings is 1. The van der Waals surface area contributed by atoms with E-state index in [1.54, 1.807) is 11.9 Å². The number of halogens is 6. The zero-order valence-corrected chi connectivity index (χ0v) is 20.8. The molecule has 0 radical (unpaired) electrons. The molecule has 0 atom stereocenters. The molecule has 1 saturated carbocycles. The fraction of sp³-hybridized carbons (Fsp3) is 0.593. The molecule has 1 aromatic carbocycles. The SMILES string of the molecule is CCN(CC1CCCC1)c1nc2c(cc1CN(C)Cc1cc(C(F)(F)F)cc(C(F)(F)F)c1)CCC2. The average Bonchev–Trinajstić information content (AvgIpc) is 3.47. The van der Waals surface area contributed by atoms with Gasteiger partial charge in [-0.05, 0) is 87.4 Å². The van der Waals surface area contributed by atoms with Gasteiger partial charge < -0.3 is 4.90 Å². The summed E-state index contributed by atoms with van der Waals surface area (Å²) in [5.74, 6) is 1.52. The number of aromatic nitrogens is 1. The highest BCUT2D eigenvalue weighted by Crippen LogP contribution is 2.37. The predicted octanol–water partition coefficient (Wildman–Crippen LogP) is 7.26. The monoisotopic (exact) mass is 513 g/mol. The summed E-state index contributed by atoms with van der Waals surface area (Å²) in [5, 5.41) is 0. The maximum Gasteiger partial charge on any atom is 0.416 e. The minimum absolute atomic E-state index is 0.0198. The molecule has 1 aromatic heterocycles. The maximum atomic E-state index is 13.3. The maximum absolute atomic E-state index is 13.3. The molecule has 2 aliphatic carbocycles. The van der Waals surface area contributed by atoms with E-state index in [2.05, 4.69) is 17.9 Å². The third-order valence-corrected chi connectivity index (χ3v) is 7.28. The zero-order chi connectivity index (χ0) is 26.1. The molecule has 0 amide bonds. The predicted molar refractivity (Wildman–Crippen MR) is 128 cm³/mol. The lowest BCUT2D eigenvalue weighted by Crippen LogP contribution is -2.31. The number of anilines is 1. The van der Waals surface area contributed by atoms with Gasteiger partial charge in [0, 0.05) is 37.4 Å². The van der Waals surface area contributed by atoms with Gasteiger partial charge in [0.05, 0.1) is 11.1 Å². The van der Waals surface area contributed by atoms with E-state index in [0.717, 1.165) is 61.6 Å². The van der Waals surface area contributed by atoms with Gasteiger partial charge in [-0.3, -0.25) is 4.90 Å². The van der Waals surface area contributed by atoms with Crippen LogP contribution in [0.2, 0.25) is 0 Å². The topological polar surface area (TPSA) is 19.4 Å². The van der Waals surface area contributed by atoms with E-state index in [-0.39, 0.29) is 18.2 Å². The van der Waals surface area contributed by atoms with Crippen molar-refractivity contribution in [2.24, 2.45) is 5.92 Å². The summed E-state index contributed by atoms with van der Waals surface area (Å²) in [4.78, 5) is 9.08. The van der Waals surface area contributed by atoms with Gasteiger partial charge in [-0.25, -0.2) is 4.98 Å². The number of hydrogen-bond acceptors (Lipinski definition) is 3. The Bertz CT molecular complexity index is 1020. The minimum atomic E-state index is -4.85. The molecule has 1 heterocycles. The van der Waals surface area contributed by atoms with Crippen molar-refractivity contribution in [2.75, 3.05) is 25.0 Å². The molecular formula is C27H33F6N3. The second-order valence-electron chi connectivity index (χ2n) is 10.2. The van der Waals surface area contributed by atoms with Crippen LogP contribution in [-0.2, 0) is 38.3 Å². The summed E-state index contributed by atoms with van der Waals surface area (Å²) in [5.41, 5.74) is 0.685. The molecule has 0 aliphatic heterocycles. The number of alkyl halides is 6. The molecule has 0 unspecified atom stereocenters. The first-order valence-corrected chi connectivity index (χ1v) is 12.7. The van der Waals surface area contributed by atoms with Crippen molar-refractivity contribution < 1.29 is 26.3 Å². The summed E-state index contributed by atoms with van der Waals surface area (Å²) < 4.78 is 79.8. The number of aryl methyl sites for hydroxylation is 2. The van der Waals surface area contributed by atoms with Crippen LogP contribution in [0.5, 0.6) is 0 Å². The van der Waals surface area contributed by atoms with E-state index in [1.165, 1.54) is 31.2 Å². The van der Waals surface area contributed by atoms with Crippen molar-refractivity contribution in [1.29, 1.82) is 0 Å². The quantitative estimate of drug-likeness (QED) is 0.347. The average molecular weight is 514 g/mol. The van der Waals surface area contributed by atoms with Crippen LogP contribution >= 0.6 is 0 Å². The van der Waals surface area contributed by atoms with Gasteiger partial charge in [0.15, 0.2) is 0 Å². The van der Waals surface area contributed by atoms with Crippen molar-refractivity contribution in [1.82, 2.24) is 9.88 Å². The molecule has 1 fully saturated rings. The van der Waals surface area contributed by atoms with E-state index in [9.17, 15) is 26.3 Å². The van der Waals surface area contributed by atoms with Crippen LogP contribution in [0, 0.1) is 5.92 Å². The van der Waals surface area contributed by atoms with E-state index >= 15 is 0 Å². The molecule has 0 bridgehead atoms. The van der Waals surface area contributed by atoms with E-state index in [4.69, 9.17) is 4.98 Å². The van der Waals surface area contributed by atoms with Gasteiger partial charge >= 0.3 is 12.4 Å². The second kappa shape index (κ2) is 10.6. The van der Waals surface area contributed by atoms with Gasteiger partial charge in [-0.15, -0.1) is 0 Å². The summed E-state index contributed by atoms with van der Waals surface area (Å²) in [7, 11) is 1.72. The Balaban J connectivity index is 1.60. The van der Waals surface area contributed by atoms with Gasteiger partial charge in [0.25, 0.3) is 0 Å². The van der Waals surface area contributed by atoms with E-state index < -0.39 is 23.5 Å². The van der Waals surface area contributed by atoms with Gasteiger partial charge in [-0.1, -0.05) is 12.8 Å². The highest BCUT2D eigenvalue weighted by Gasteiger charge is 2.37. The molecule has 3 nitrogen and oxygen atoms in total. The third-order valence-electron chi connectivity index (χ3n) is 7.28. The fourth-order valence-electron chi connectivity index (χ4n) is 5.54. The molecule has 0 saturated heterocycles. The molecule has 4 rings (SSSR count). The van der Waals surface area contributed by atoms with E-state index in [1.807, 2.05) is 0 Å². The van der Waals surface area contributed by atoms with Crippen LogP contribution < -0.4 is 4.90 Å². The van der Waals surface area contributed by atoms with Crippen molar-refractivity contribution in [3.8, 4) is 0 Å². The number of rotatable bonds is 8. The highest BCUT2D eigenvalue weighted by atomic mass is 19.4. The van der Waals surface area contributed by atoms with Crippen LogP contribution in [-0.4, -0.2) is 30.0 Å². The second-order valence-corrected chi connectivity index (χ2v) is 10.2. The lowest BCUT2D eigenvalue weighted by atomic mass is 10.0. The van der Waals surface area contributed by atoms with Crippen LogP contribution in [0.25, 0.3) is 0 Å². The molecule has 0 N–H and O–H groups in total. The van der Waals surface area contributed by atoms with Crippen molar-refractivity contribution in [2.45, 2.75) is 77.3 Å². The first kappa shape index (κ1) is 26.8. The van der Waals surface area contributed by atoms with Gasteiger partial charge in [-0.2, -0.15) is 26.3 Å². The van der Waals surface area contributed by atoms with Gasteiger partial charge in [0.2, 0.25) is 0 Å². The number of hydrogen-bond donors (Lipinski definition) is 0.